The van der Waals surface area contributed by atoms with Crippen LogP contribution in [0.15, 0.2) is 39.5 Å². The Hall–Kier alpha value is -3.48. The Morgan fingerprint density at radius 1 is 1.00 bits per heavy atom. The number of benzene rings is 2. The first-order valence-corrected chi connectivity index (χ1v) is 8.83. The second-order valence-electron chi connectivity index (χ2n) is 7.22. The maximum Gasteiger partial charge on any atom is 0.311 e. The molecule has 3 aromatic rings. The van der Waals surface area contributed by atoms with Gasteiger partial charge in [0.15, 0.2) is 16.9 Å². The van der Waals surface area contributed by atoms with Gasteiger partial charge >= 0.3 is 5.97 Å². The van der Waals surface area contributed by atoms with Gasteiger partial charge in [-0.15, -0.1) is 0 Å². The van der Waals surface area contributed by atoms with E-state index in [0.717, 1.165) is 0 Å². The molecule has 0 radical (unpaired) electrons. The molecule has 0 bridgehead atoms. The smallest absolute Gasteiger partial charge is 0.311 e. The van der Waals surface area contributed by atoms with Gasteiger partial charge in [0.25, 0.3) is 0 Å². The molecule has 2 heterocycles. The lowest BCUT2D eigenvalue weighted by molar-refractivity contribution is -0.136. The van der Waals surface area contributed by atoms with Crippen LogP contribution >= 0.6 is 0 Å². The van der Waals surface area contributed by atoms with Gasteiger partial charge in [-0.3, -0.25) is 9.59 Å². The number of carbonyl (C=O) groups excluding carboxylic acids is 1. The van der Waals surface area contributed by atoms with Crippen molar-refractivity contribution in [2.24, 2.45) is 5.92 Å². The zero-order valence-corrected chi connectivity index (χ0v) is 15.2. The fraction of sp³-hybridized carbons (Fsp3) is 0.238. The number of phenolic OH excluding ortho intramolecular Hbond substituents is 3. The molecular weight excluding hydrogens is 364 g/mol. The van der Waals surface area contributed by atoms with Crippen LogP contribution in [0.25, 0.3) is 22.3 Å². The summed E-state index contributed by atoms with van der Waals surface area (Å²) in [6, 6.07) is 6.53. The van der Waals surface area contributed by atoms with Gasteiger partial charge in [0.2, 0.25) is 0 Å². The Morgan fingerprint density at radius 3 is 2.43 bits per heavy atom. The first-order valence-electron chi connectivity index (χ1n) is 8.83. The third kappa shape index (κ3) is 2.76. The van der Waals surface area contributed by atoms with Crippen LogP contribution in [0.1, 0.15) is 31.7 Å². The van der Waals surface area contributed by atoms with Gasteiger partial charge in [-0.05, 0) is 24.1 Å². The number of rotatable bonds is 2. The van der Waals surface area contributed by atoms with Gasteiger partial charge < -0.3 is 24.5 Å². The maximum absolute atomic E-state index is 12.7. The zero-order valence-electron chi connectivity index (χ0n) is 15.2. The monoisotopic (exact) mass is 382 g/mol. The van der Waals surface area contributed by atoms with Gasteiger partial charge in [-0.1, -0.05) is 13.8 Å². The van der Waals surface area contributed by atoms with Crippen LogP contribution in [0.5, 0.6) is 23.0 Å². The van der Waals surface area contributed by atoms with Crippen LogP contribution in [0.2, 0.25) is 0 Å². The van der Waals surface area contributed by atoms with Crippen LogP contribution in [-0.2, 0) is 4.79 Å². The molecule has 144 valence electrons. The van der Waals surface area contributed by atoms with Gasteiger partial charge in [0.1, 0.15) is 28.2 Å². The number of ether oxygens (including phenoxy) is 1. The van der Waals surface area contributed by atoms with E-state index in [0.29, 0.717) is 11.1 Å². The van der Waals surface area contributed by atoms with E-state index in [9.17, 15) is 24.9 Å². The average Bonchev–Trinajstić information content (AvgIpc) is 2.62. The molecule has 0 fully saturated rings. The number of fused-ring (bicyclic) bond motifs is 3. The molecule has 1 aliphatic rings. The maximum atomic E-state index is 12.7. The van der Waals surface area contributed by atoms with E-state index in [4.69, 9.17) is 9.15 Å². The second kappa shape index (κ2) is 6.30. The summed E-state index contributed by atoms with van der Waals surface area (Å²) in [7, 11) is 0. The van der Waals surface area contributed by atoms with Gasteiger partial charge in [-0.2, -0.15) is 0 Å². The molecule has 0 unspecified atom stereocenters. The second-order valence-corrected chi connectivity index (χ2v) is 7.22. The van der Waals surface area contributed by atoms with Crippen LogP contribution < -0.4 is 10.2 Å². The van der Waals surface area contributed by atoms with Gasteiger partial charge in [0, 0.05) is 29.2 Å². The minimum Gasteiger partial charge on any atom is -0.507 e. The molecule has 0 saturated heterocycles. The SMILES string of the molecule is CC(C)[C@H]1CC(=O)Oc2cc(O)c3c(=O)cc(-c4ccc(O)c(O)c4)oc3c21. The Bertz CT molecular complexity index is 1170. The lowest BCUT2D eigenvalue weighted by Gasteiger charge is -2.28. The Balaban J connectivity index is 2.05. The molecule has 1 atom stereocenters. The summed E-state index contributed by atoms with van der Waals surface area (Å²) < 4.78 is 11.3. The number of carbonyl (C=O) groups is 1. The summed E-state index contributed by atoms with van der Waals surface area (Å²) in [6.45, 7) is 3.90. The van der Waals surface area contributed by atoms with E-state index in [1.54, 1.807) is 0 Å². The molecule has 0 saturated carbocycles. The highest BCUT2D eigenvalue weighted by Gasteiger charge is 2.34. The highest BCUT2D eigenvalue weighted by Crippen LogP contribution is 2.46. The predicted octanol–water partition coefficient (Wildman–Crippen LogP) is 3.63. The summed E-state index contributed by atoms with van der Waals surface area (Å²) in [6.07, 6.45) is 0.137. The summed E-state index contributed by atoms with van der Waals surface area (Å²) in [5, 5.41) is 29.6. The van der Waals surface area contributed by atoms with E-state index < -0.39 is 11.4 Å². The third-order valence-electron chi connectivity index (χ3n) is 5.03. The Kier molecular flexibility index (Phi) is 4.03. The lowest BCUT2D eigenvalue weighted by atomic mass is 9.82. The summed E-state index contributed by atoms with van der Waals surface area (Å²) >= 11 is 0. The van der Waals surface area contributed by atoms with E-state index in [1.807, 2.05) is 13.8 Å². The van der Waals surface area contributed by atoms with Crippen molar-refractivity contribution in [1.82, 2.24) is 0 Å². The van der Waals surface area contributed by atoms with Crippen LogP contribution in [0.3, 0.4) is 0 Å². The van der Waals surface area contributed by atoms with Crippen molar-refractivity contribution in [2.75, 3.05) is 0 Å². The quantitative estimate of drug-likeness (QED) is 0.352. The molecule has 2 aromatic carbocycles. The third-order valence-corrected chi connectivity index (χ3v) is 5.03. The molecule has 1 aliphatic heterocycles. The number of hydrogen-bond acceptors (Lipinski definition) is 7. The van der Waals surface area contributed by atoms with Crippen molar-refractivity contribution < 1.29 is 29.3 Å². The zero-order chi connectivity index (χ0) is 20.2. The average molecular weight is 382 g/mol. The Morgan fingerprint density at radius 2 is 1.75 bits per heavy atom. The Labute approximate surface area is 159 Å². The molecule has 3 N–H and O–H groups in total. The van der Waals surface area contributed by atoms with Gasteiger partial charge in [0.05, 0.1) is 6.42 Å². The number of aromatic hydroxyl groups is 3. The van der Waals surface area contributed by atoms with E-state index in [-0.39, 0.29) is 58.0 Å². The number of phenols is 3. The van der Waals surface area contributed by atoms with E-state index >= 15 is 0 Å². The summed E-state index contributed by atoms with van der Waals surface area (Å²) in [5.41, 5.74) is 0.615. The summed E-state index contributed by atoms with van der Waals surface area (Å²) in [5.74, 6) is -1.25. The minimum absolute atomic E-state index is 0.00843. The van der Waals surface area contributed by atoms with Crippen molar-refractivity contribution in [3.05, 3.63) is 46.1 Å². The minimum atomic E-state index is -0.469. The molecule has 7 nitrogen and oxygen atoms in total. The van der Waals surface area contributed by atoms with Crippen molar-refractivity contribution in [3.63, 3.8) is 0 Å². The van der Waals surface area contributed by atoms with Crippen LogP contribution in [0, 0.1) is 5.92 Å². The first kappa shape index (κ1) is 17.9. The molecule has 0 amide bonds. The standard InChI is InChI=1S/C21H18O7/c1-9(2)11-6-18(26)27-17-8-15(25)20-14(24)7-16(28-21(20)19(11)17)10-3-4-12(22)13(23)5-10/h3-5,7-9,11,22-23,25H,6H2,1-2H3/t11-/m1/s1. The van der Waals surface area contributed by atoms with Gasteiger partial charge in [-0.25, -0.2) is 0 Å². The molecule has 7 heteroatoms. The van der Waals surface area contributed by atoms with Crippen molar-refractivity contribution >= 4 is 16.9 Å². The lowest BCUT2D eigenvalue weighted by Crippen LogP contribution is -2.24. The molecule has 4 rings (SSSR count). The fourth-order valence-electron chi connectivity index (χ4n) is 3.58. The molecule has 0 aliphatic carbocycles. The number of hydrogen-bond donors (Lipinski definition) is 3. The largest absolute Gasteiger partial charge is 0.507 e. The topological polar surface area (TPSA) is 117 Å². The van der Waals surface area contributed by atoms with Crippen molar-refractivity contribution in [1.29, 1.82) is 0 Å². The highest BCUT2D eigenvalue weighted by molar-refractivity contribution is 5.92. The number of esters is 1. The van der Waals surface area contributed by atoms with Crippen LogP contribution in [0.4, 0.5) is 0 Å². The molecule has 1 aromatic heterocycles. The molecular formula is C21H18O7. The molecule has 0 spiro atoms. The predicted molar refractivity (Wildman–Crippen MR) is 101 cm³/mol. The fourth-order valence-corrected chi connectivity index (χ4v) is 3.58. The van der Waals surface area contributed by atoms with Crippen LogP contribution in [-0.4, -0.2) is 21.3 Å². The van der Waals surface area contributed by atoms with Crippen molar-refractivity contribution in [2.45, 2.75) is 26.2 Å². The van der Waals surface area contributed by atoms with E-state index in [1.165, 1.54) is 30.3 Å². The van der Waals surface area contributed by atoms with E-state index in [2.05, 4.69) is 0 Å². The highest BCUT2D eigenvalue weighted by atomic mass is 16.5. The normalized spacial score (nSPS) is 16.2. The summed E-state index contributed by atoms with van der Waals surface area (Å²) in [4.78, 5) is 24.7. The first-order chi connectivity index (χ1) is 13.3. The molecule has 28 heavy (non-hydrogen) atoms. The van der Waals surface area contributed by atoms with Crippen molar-refractivity contribution in [3.8, 4) is 34.3 Å².